The summed E-state index contributed by atoms with van der Waals surface area (Å²) in [6.45, 7) is 7.97. The van der Waals surface area contributed by atoms with Gasteiger partial charge in [-0.25, -0.2) is 0 Å². The van der Waals surface area contributed by atoms with Crippen molar-refractivity contribution >= 4 is 11.8 Å². The van der Waals surface area contributed by atoms with Crippen LogP contribution in [-0.4, -0.2) is 52.6 Å². The van der Waals surface area contributed by atoms with E-state index in [1.54, 1.807) is 0 Å². The van der Waals surface area contributed by atoms with Gasteiger partial charge in [-0.1, -0.05) is 19.0 Å². The van der Waals surface area contributed by atoms with Gasteiger partial charge in [0.25, 0.3) is 0 Å². The molecule has 0 bridgehead atoms. The van der Waals surface area contributed by atoms with Crippen molar-refractivity contribution in [1.29, 1.82) is 0 Å². The lowest BCUT2D eigenvalue weighted by Gasteiger charge is -2.26. The smallest absolute Gasteiger partial charge is 0.245 e. The molecular weight excluding hydrogens is 384 g/mol. The predicted octanol–water partition coefficient (Wildman–Crippen LogP) is 2.83. The second kappa shape index (κ2) is 10.2. The Bertz CT molecular complexity index is 841. The van der Waals surface area contributed by atoms with Gasteiger partial charge in [0.2, 0.25) is 23.5 Å². The monoisotopic (exact) mass is 414 g/mol. The van der Waals surface area contributed by atoms with Gasteiger partial charge < -0.3 is 19.5 Å². The molecule has 0 aliphatic carbocycles. The molecule has 162 valence electrons. The largest absolute Gasteiger partial charge is 0.494 e. The quantitative estimate of drug-likeness (QED) is 0.678. The maximum atomic E-state index is 12.7. The summed E-state index contributed by atoms with van der Waals surface area (Å²) >= 11 is 0. The SMILES string of the molecule is CCOc1ccc(-c2noc(CCC(=O)N[C@H](C(=O)N3CCCC3)C(C)C)n2)cc1. The lowest BCUT2D eigenvalue weighted by atomic mass is 10.0. The normalized spacial score (nSPS) is 14.7. The van der Waals surface area contributed by atoms with Crippen LogP contribution in [0.1, 0.15) is 45.9 Å². The Labute approximate surface area is 177 Å². The number of carbonyl (C=O) groups is 2. The molecule has 1 fully saturated rings. The summed E-state index contributed by atoms with van der Waals surface area (Å²) in [6.07, 6.45) is 2.55. The van der Waals surface area contributed by atoms with E-state index in [0.717, 1.165) is 37.2 Å². The average molecular weight is 415 g/mol. The molecule has 1 N–H and O–H groups in total. The molecule has 0 radical (unpaired) electrons. The number of likely N-dealkylation sites (tertiary alicyclic amines) is 1. The number of carbonyl (C=O) groups excluding carboxylic acids is 2. The Morgan fingerprint density at radius 1 is 1.20 bits per heavy atom. The molecule has 0 spiro atoms. The third-order valence-electron chi connectivity index (χ3n) is 5.12. The van der Waals surface area contributed by atoms with Crippen molar-refractivity contribution in [2.45, 2.75) is 52.5 Å². The number of ether oxygens (including phenoxy) is 1. The predicted molar refractivity (Wildman–Crippen MR) is 112 cm³/mol. The van der Waals surface area contributed by atoms with Crippen molar-refractivity contribution in [3.05, 3.63) is 30.2 Å². The number of benzene rings is 1. The molecule has 1 aliphatic rings. The van der Waals surface area contributed by atoms with Crippen molar-refractivity contribution in [1.82, 2.24) is 20.4 Å². The van der Waals surface area contributed by atoms with Crippen molar-refractivity contribution in [2.75, 3.05) is 19.7 Å². The highest BCUT2D eigenvalue weighted by molar-refractivity contribution is 5.88. The second-order valence-electron chi connectivity index (χ2n) is 7.79. The van der Waals surface area contributed by atoms with Crippen LogP contribution < -0.4 is 10.1 Å². The number of rotatable bonds is 9. The van der Waals surface area contributed by atoms with Gasteiger partial charge in [-0.15, -0.1) is 0 Å². The third kappa shape index (κ3) is 5.58. The third-order valence-corrected chi connectivity index (χ3v) is 5.12. The summed E-state index contributed by atoms with van der Waals surface area (Å²) in [6, 6.07) is 6.93. The summed E-state index contributed by atoms with van der Waals surface area (Å²) in [7, 11) is 0. The summed E-state index contributed by atoms with van der Waals surface area (Å²) in [5.74, 6) is 1.48. The van der Waals surface area contributed by atoms with E-state index in [9.17, 15) is 9.59 Å². The Kier molecular flexibility index (Phi) is 7.43. The number of amides is 2. The van der Waals surface area contributed by atoms with Gasteiger partial charge in [0.1, 0.15) is 11.8 Å². The van der Waals surface area contributed by atoms with E-state index in [-0.39, 0.29) is 24.2 Å². The minimum absolute atomic E-state index is 0.00595. The second-order valence-corrected chi connectivity index (χ2v) is 7.79. The van der Waals surface area contributed by atoms with Gasteiger partial charge in [0.05, 0.1) is 6.61 Å². The molecule has 1 aromatic carbocycles. The van der Waals surface area contributed by atoms with Crippen molar-refractivity contribution in [3.63, 3.8) is 0 Å². The van der Waals surface area contributed by atoms with E-state index in [4.69, 9.17) is 9.26 Å². The van der Waals surface area contributed by atoms with Crippen LogP contribution >= 0.6 is 0 Å². The number of aromatic nitrogens is 2. The van der Waals surface area contributed by atoms with E-state index < -0.39 is 6.04 Å². The summed E-state index contributed by atoms with van der Waals surface area (Å²) < 4.78 is 10.7. The van der Waals surface area contributed by atoms with Crippen LogP contribution in [0, 0.1) is 5.92 Å². The van der Waals surface area contributed by atoms with Crippen molar-refractivity contribution < 1.29 is 18.8 Å². The standard InChI is InChI=1S/C22H30N4O4/c1-4-29-17-9-7-16(8-10-17)21-24-19(30-25-21)12-11-18(27)23-20(15(2)3)22(28)26-13-5-6-14-26/h7-10,15,20H,4-6,11-14H2,1-3H3,(H,23,27)/t20-/m0/s1. The number of nitrogens with one attached hydrogen (secondary N) is 1. The zero-order valence-corrected chi connectivity index (χ0v) is 17.9. The molecule has 30 heavy (non-hydrogen) atoms. The average Bonchev–Trinajstić information content (AvgIpc) is 3.43. The zero-order valence-electron chi connectivity index (χ0n) is 17.9. The first kappa shape index (κ1) is 21.8. The molecule has 2 heterocycles. The molecule has 1 aromatic heterocycles. The molecule has 1 aliphatic heterocycles. The van der Waals surface area contributed by atoms with E-state index in [1.807, 2.05) is 49.9 Å². The first-order chi connectivity index (χ1) is 14.5. The zero-order chi connectivity index (χ0) is 21.5. The van der Waals surface area contributed by atoms with Crippen LogP contribution in [0.3, 0.4) is 0 Å². The van der Waals surface area contributed by atoms with Gasteiger partial charge in [-0.3, -0.25) is 9.59 Å². The van der Waals surface area contributed by atoms with Crippen LogP contribution in [0.2, 0.25) is 0 Å². The van der Waals surface area contributed by atoms with Crippen LogP contribution in [0.4, 0.5) is 0 Å². The molecule has 1 atom stereocenters. The van der Waals surface area contributed by atoms with E-state index >= 15 is 0 Å². The Morgan fingerprint density at radius 3 is 2.53 bits per heavy atom. The fourth-order valence-electron chi connectivity index (χ4n) is 3.45. The Balaban J connectivity index is 1.53. The maximum Gasteiger partial charge on any atom is 0.245 e. The van der Waals surface area contributed by atoms with Crippen molar-refractivity contribution in [3.8, 4) is 17.1 Å². The molecule has 2 aromatic rings. The molecular formula is C22H30N4O4. The van der Waals surface area contributed by atoms with Crippen LogP contribution in [0.25, 0.3) is 11.4 Å². The molecule has 0 unspecified atom stereocenters. The lowest BCUT2D eigenvalue weighted by Crippen LogP contribution is -2.50. The fraction of sp³-hybridized carbons (Fsp3) is 0.545. The van der Waals surface area contributed by atoms with Crippen LogP contribution in [0.5, 0.6) is 5.75 Å². The molecule has 0 saturated carbocycles. The van der Waals surface area contributed by atoms with E-state index in [1.165, 1.54) is 0 Å². The summed E-state index contributed by atoms with van der Waals surface area (Å²) in [5.41, 5.74) is 0.814. The molecule has 8 heteroatoms. The lowest BCUT2D eigenvalue weighted by molar-refractivity contribution is -0.136. The topological polar surface area (TPSA) is 97.6 Å². The summed E-state index contributed by atoms with van der Waals surface area (Å²) in [5, 5.41) is 6.88. The number of hydrogen-bond acceptors (Lipinski definition) is 6. The van der Waals surface area contributed by atoms with Gasteiger partial charge in [0.15, 0.2) is 0 Å². The van der Waals surface area contributed by atoms with Gasteiger partial charge in [0, 0.05) is 31.5 Å². The first-order valence-electron chi connectivity index (χ1n) is 10.6. The maximum absolute atomic E-state index is 12.7. The minimum atomic E-state index is -0.502. The van der Waals surface area contributed by atoms with Crippen LogP contribution in [0.15, 0.2) is 28.8 Å². The fourth-order valence-corrected chi connectivity index (χ4v) is 3.45. The number of aryl methyl sites for hydroxylation is 1. The Morgan fingerprint density at radius 2 is 1.90 bits per heavy atom. The number of nitrogens with zero attached hydrogens (tertiary/aromatic N) is 3. The van der Waals surface area contributed by atoms with Crippen LogP contribution in [-0.2, 0) is 16.0 Å². The summed E-state index contributed by atoms with van der Waals surface area (Å²) in [4.78, 5) is 31.3. The van der Waals surface area contributed by atoms with Gasteiger partial charge >= 0.3 is 0 Å². The molecule has 3 rings (SSSR count). The first-order valence-corrected chi connectivity index (χ1v) is 10.6. The number of hydrogen-bond donors (Lipinski definition) is 1. The van der Waals surface area contributed by atoms with E-state index in [0.29, 0.717) is 24.7 Å². The van der Waals surface area contributed by atoms with E-state index in [2.05, 4.69) is 15.5 Å². The molecule has 2 amide bonds. The highest BCUT2D eigenvalue weighted by atomic mass is 16.5. The molecule has 8 nitrogen and oxygen atoms in total. The highest BCUT2D eigenvalue weighted by Gasteiger charge is 2.30. The van der Waals surface area contributed by atoms with Gasteiger partial charge in [-0.05, 0) is 49.9 Å². The molecule has 1 saturated heterocycles. The van der Waals surface area contributed by atoms with Gasteiger partial charge in [-0.2, -0.15) is 4.98 Å². The van der Waals surface area contributed by atoms with Crippen molar-refractivity contribution in [2.24, 2.45) is 5.92 Å². The Hall–Kier alpha value is -2.90. The minimum Gasteiger partial charge on any atom is -0.494 e. The highest BCUT2D eigenvalue weighted by Crippen LogP contribution is 2.20.